The fraction of sp³-hybridized carbons (Fsp3) is 0.235. The third kappa shape index (κ3) is 2.35. The Balaban J connectivity index is 1.63. The molecular formula is C17H16O. The van der Waals surface area contributed by atoms with Gasteiger partial charge in [0.2, 0.25) is 0 Å². The average Bonchev–Trinajstić information content (AvgIpc) is 3.19. The van der Waals surface area contributed by atoms with E-state index in [0.29, 0.717) is 11.7 Å². The van der Waals surface area contributed by atoms with Crippen molar-refractivity contribution in [3.63, 3.8) is 0 Å². The molecule has 18 heavy (non-hydrogen) atoms. The van der Waals surface area contributed by atoms with Crippen LogP contribution in [0.3, 0.4) is 0 Å². The maximum Gasteiger partial charge on any atom is 0.166 e. The Hall–Kier alpha value is -1.89. The molecule has 1 aliphatic carbocycles. The van der Waals surface area contributed by atoms with Crippen LogP contribution in [0.1, 0.15) is 22.3 Å². The van der Waals surface area contributed by atoms with Crippen LogP contribution in [0.15, 0.2) is 60.7 Å². The molecular weight excluding hydrogens is 220 g/mol. The molecule has 0 radical (unpaired) electrons. The monoisotopic (exact) mass is 236 g/mol. The van der Waals surface area contributed by atoms with Gasteiger partial charge in [-0.1, -0.05) is 60.7 Å². The van der Waals surface area contributed by atoms with E-state index in [4.69, 9.17) is 0 Å². The highest BCUT2D eigenvalue weighted by molar-refractivity contribution is 5.99. The van der Waals surface area contributed by atoms with E-state index in [1.807, 2.05) is 36.4 Å². The molecule has 0 spiro atoms. The molecule has 1 aliphatic rings. The predicted molar refractivity (Wildman–Crippen MR) is 72.5 cm³/mol. The summed E-state index contributed by atoms with van der Waals surface area (Å²) in [6, 6.07) is 20.1. The van der Waals surface area contributed by atoms with Crippen molar-refractivity contribution in [1.82, 2.24) is 0 Å². The van der Waals surface area contributed by atoms with E-state index in [9.17, 15) is 4.79 Å². The molecule has 0 saturated heterocycles. The number of carbonyl (C=O) groups is 1. The fourth-order valence-electron chi connectivity index (χ4n) is 2.53. The highest BCUT2D eigenvalue weighted by Crippen LogP contribution is 2.43. The largest absolute Gasteiger partial charge is 0.294 e. The summed E-state index contributed by atoms with van der Waals surface area (Å²) in [7, 11) is 0. The van der Waals surface area contributed by atoms with Crippen LogP contribution in [-0.2, 0) is 6.42 Å². The second-order valence-corrected chi connectivity index (χ2v) is 5.02. The third-order valence-electron chi connectivity index (χ3n) is 3.66. The van der Waals surface area contributed by atoms with Crippen LogP contribution in [0.5, 0.6) is 0 Å². The van der Waals surface area contributed by atoms with Gasteiger partial charge in [0.05, 0.1) is 0 Å². The van der Waals surface area contributed by atoms with Gasteiger partial charge in [-0.3, -0.25) is 4.79 Å². The van der Waals surface area contributed by atoms with Crippen molar-refractivity contribution in [2.45, 2.75) is 12.8 Å². The normalized spacial score (nSPS) is 21.6. The molecule has 0 heterocycles. The van der Waals surface area contributed by atoms with Gasteiger partial charge in [0, 0.05) is 11.5 Å². The van der Waals surface area contributed by atoms with Crippen molar-refractivity contribution in [1.29, 1.82) is 0 Å². The third-order valence-corrected chi connectivity index (χ3v) is 3.66. The summed E-state index contributed by atoms with van der Waals surface area (Å²) >= 11 is 0. The standard InChI is InChI=1S/C17H16O/c18-17(14-9-5-2-6-10-14)16-12-15(16)11-13-7-3-1-4-8-13/h1-10,15-16H,11-12H2/t15-,16-/m1/s1. The van der Waals surface area contributed by atoms with Gasteiger partial charge in [-0.05, 0) is 24.3 Å². The molecule has 2 aromatic carbocycles. The lowest BCUT2D eigenvalue weighted by Gasteiger charge is -2.01. The lowest BCUT2D eigenvalue weighted by Crippen LogP contribution is -2.04. The maximum atomic E-state index is 12.2. The van der Waals surface area contributed by atoms with E-state index in [0.717, 1.165) is 18.4 Å². The topological polar surface area (TPSA) is 17.1 Å². The number of rotatable bonds is 4. The Kier molecular flexibility index (Phi) is 2.97. The van der Waals surface area contributed by atoms with Crippen molar-refractivity contribution < 1.29 is 4.79 Å². The minimum Gasteiger partial charge on any atom is -0.294 e. The van der Waals surface area contributed by atoms with Gasteiger partial charge in [0.25, 0.3) is 0 Å². The smallest absolute Gasteiger partial charge is 0.166 e. The summed E-state index contributed by atoms with van der Waals surface area (Å²) in [5.74, 6) is 1.10. The lowest BCUT2D eigenvalue weighted by molar-refractivity contribution is 0.0961. The van der Waals surface area contributed by atoms with Crippen molar-refractivity contribution in [2.24, 2.45) is 11.8 Å². The quantitative estimate of drug-likeness (QED) is 0.739. The van der Waals surface area contributed by atoms with Crippen LogP contribution in [0.4, 0.5) is 0 Å². The lowest BCUT2D eigenvalue weighted by atomic mass is 10.0. The first-order chi connectivity index (χ1) is 8.84. The Bertz CT molecular complexity index is 530. The van der Waals surface area contributed by atoms with Gasteiger partial charge < -0.3 is 0 Å². The molecule has 0 aliphatic heterocycles. The van der Waals surface area contributed by atoms with Crippen LogP contribution in [0, 0.1) is 11.8 Å². The van der Waals surface area contributed by atoms with E-state index in [2.05, 4.69) is 24.3 Å². The van der Waals surface area contributed by atoms with Gasteiger partial charge in [-0.25, -0.2) is 0 Å². The molecule has 0 amide bonds. The Labute approximate surface area is 107 Å². The van der Waals surface area contributed by atoms with Gasteiger partial charge in [-0.2, -0.15) is 0 Å². The number of hydrogen-bond acceptors (Lipinski definition) is 1. The Morgan fingerprint density at radius 1 is 0.944 bits per heavy atom. The van der Waals surface area contributed by atoms with E-state index in [1.165, 1.54) is 5.56 Å². The summed E-state index contributed by atoms with van der Waals surface area (Å²) in [6.07, 6.45) is 2.08. The predicted octanol–water partition coefficient (Wildman–Crippen LogP) is 3.75. The summed E-state index contributed by atoms with van der Waals surface area (Å²) < 4.78 is 0. The van der Waals surface area contributed by atoms with E-state index in [-0.39, 0.29) is 5.92 Å². The van der Waals surface area contributed by atoms with Gasteiger partial charge in [0.1, 0.15) is 0 Å². The van der Waals surface area contributed by atoms with Crippen molar-refractivity contribution in [2.75, 3.05) is 0 Å². The number of carbonyl (C=O) groups excluding carboxylic acids is 1. The molecule has 0 aromatic heterocycles. The van der Waals surface area contributed by atoms with Crippen LogP contribution < -0.4 is 0 Å². The zero-order valence-electron chi connectivity index (χ0n) is 10.3. The molecule has 2 aromatic rings. The first kappa shape index (κ1) is 11.2. The molecule has 1 nitrogen and oxygen atoms in total. The Morgan fingerprint density at radius 2 is 1.56 bits per heavy atom. The second-order valence-electron chi connectivity index (χ2n) is 5.02. The van der Waals surface area contributed by atoms with Crippen molar-refractivity contribution in [3.05, 3.63) is 71.8 Å². The van der Waals surface area contributed by atoms with Gasteiger partial charge >= 0.3 is 0 Å². The number of benzene rings is 2. The molecule has 0 N–H and O–H groups in total. The molecule has 3 rings (SSSR count). The van der Waals surface area contributed by atoms with E-state index in [1.54, 1.807) is 0 Å². The molecule has 0 unspecified atom stereocenters. The molecule has 1 heteroatoms. The maximum absolute atomic E-state index is 12.2. The highest BCUT2D eigenvalue weighted by Gasteiger charge is 2.42. The van der Waals surface area contributed by atoms with Crippen LogP contribution >= 0.6 is 0 Å². The van der Waals surface area contributed by atoms with Gasteiger partial charge in [0.15, 0.2) is 5.78 Å². The van der Waals surface area contributed by atoms with Gasteiger partial charge in [-0.15, -0.1) is 0 Å². The zero-order valence-corrected chi connectivity index (χ0v) is 10.3. The molecule has 90 valence electrons. The van der Waals surface area contributed by atoms with Crippen molar-refractivity contribution in [3.8, 4) is 0 Å². The van der Waals surface area contributed by atoms with Crippen LogP contribution in [-0.4, -0.2) is 5.78 Å². The zero-order chi connectivity index (χ0) is 12.4. The molecule has 1 fully saturated rings. The van der Waals surface area contributed by atoms with E-state index >= 15 is 0 Å². The number of ketones is 1. The van der Waals surface area contributed by atoms with Crippen LogP contribution in [0.2, 0.25) is 0 Å². The first-order valence-electron chi connectivity index (χ1n) is 6.48. The molecule has 2 atom stereocenters. The first-order valence-corrected chi connectivity index (χ1v) is 6.48. The molecule has 1 saturated carbocycles. The summed E-state index contributed by atoms with van der Waals surface area (Å²) in [5, 5.41) is 0. The molecule has 0 bridgehead atoms. The van der Waals surface area contributed by atoms with E-state index < -0.39 is 0 Å². The van der Waals surface area contributed by atoms with Crippen LogP contribution in [0.25, 0.3) is 0 Å². The average molecular weight is 236 g/mol. The number of hydrogen-bond donors (Lipinski definition) is 0. The highest BCUT2D eigenvalue weighted by atomic mass is 16.1. The SMILES string of the molecule is O=C(c1ccccc1)[C@@H]1C[C@H]1Cc1ccccc1. The summed E-state index contributed by atoms with van der Waals surface area (Å²) in [5.41, 5.74) is 2.20. The minimum atomic E-state index is 0.243. The Morgan fingerprint density at radius 3 is 2.22 bits per heavy atom. The summed E-state index contributed by atoms with van der Waals surface area (Å²) in [6.45, 7) is 0. The van der Waals surface area contributed by atoms with Crippen molar-refractivity contribution >= 4 is 5.78 Å². The number of Topliss-reactive ketones (excluding diaryl/α,β-unsaturated/α-hetero) is 1. The summed E-state index contributed by atoms with van der Waals surface area (Å²) in [4.78, 5) is 12.2. The fourth-order valence-corrected chi connectivity index (χ4v) is 2.53. The second kappa shape index (κ2) is 4.77. The minimum absolute atomic E-state index is 0.243.